The molecule has 2 aliphatic heterocycles. The van der Waals surface area contributed by atoms with Gasteiger partial charge in [-0.05, 0) is 38.0 Å². The fraction of sp³-hybridized carbons (Fsp3) is 0.611. The zero-order valence-corrected chi connectivity index (χ0v) is 17.3. The molecule has 1 unspecified atom stereocenters. The number of rotatable bonds is 6. The topological polar surface area (TPSA) is 77.0 Å². The molecule has 9 heteroatoms. The fourth-order valence-electron chi connectivity index (χ4n) is 3.51. The van der Waals surface area contributed by atoms with E-state index in [0.717, 1.165) is 42.7 Å². The number of anilines is 1. The second-order valence-electron chi connectivity index (χ2n) is 6.89. The van der Waals surface area contributed by atoms with Crippen LogP contribution in [0, 0.1) is 0 Å². The minimum Gasteiger partial charge on any atom is -0.369 e. The van der Waals surface area contributed by atoms with Crippen LogP contribution in [0.5, 0.6) is 0 Å². The summed E-state index contributed by atoms with van der Waals surface area (Å²) in [6.45, 7) is 6.14. The van der Waals surface area contributed by atoms with Gasteiger partial charge in [-0.15, -0.1) is 0 Å². The van der Waals surface area contributed by atoms with Gasteiger partial charge >= 0.3 is 0 Å². The highest BCUT2D eigenvalue weighted by atomic mass is 35.5. The number of sulfonamides is 1. The fourth-order valence-corrected chi connectivity index (χ4v) is 5.22. The number of aliphatic imine (C=N–C) groups is 1. The molecule has 0 spiro atoms. The molecule has 2 N–H and O–H groups in total. The highest BCUT2D eigenvalue weighted by Gasteiger charge is 2.27. The number of nitrogens with one attached hydrogen (secondary N) is 2. The summed E-state index contributed by atoms with van der Waals surface area (Å²) in [4.78, 5) is 6.88. The van der Waals surface area contributed by atoms with Crippen molar-refractivity contribution in [1.29, 1.82) is 0 Å². The number of benzene rings is 1. The minimum absolute atomic E-state index is 0.260. The van der Waals surface area contributed by atoms with Gasteiger partial charge < -0.3 is 15.5 Å². The molecule has 0 saturated carbocycles. The standard InChI is InChI=1S/C18H28ClN5O2S/c1-2-20-18(21-8-11-24-9-4-12-27(24,25)26)22-16-7-10-23(14-16)17-6-3-5-15(19)13-17/h3,5-6,13,16H,2,4,7-12,14H2,1H3,(H2,20,21,22). The van der Waals surface area contributed by atoms with Crippen LogP contribution in [0.15, 0.2) is 29.3 Å². The van der Waals surface area contributed by atoms with E-state index in [2.05, 4.69) is 26.6 Å². The van der Waals surface area contributed by atoms with Crippen LogP contribution in [0.1, 0.15) is 19.8 Å². The second-order valence-corrected chi connectivity index (χ2v) is 9.41. The van der Waals surface area contributed by atoms with Gasteiger partial charge in [0, 0.05) is 49.5 Å². The molecule has 0 amide bonds. The van der Waals surface area contributed by atoms with Crippen molar-refractivity contribution in [2.45, 2.75) is 25.8 Å². The van der Waals surface area contributed by atoms with Crippen molar-refractivity contribution in [3.8, 4) is 0 Å². The predicted octanol–water partition coefficient (Wildman–Crippen LogP) is 1.51. The SMILES string of the molecule is CCNC(=NCCN1CCCS1(=O)=O)NC1CCN(c2cccc(Cl)c2)C1. The van der Waals surface area contributed by atoms with Gasteiger partial charge in [0.25, 0.3) is 0 Å². The molecule has 0 radical (unpaired) electrons. The molecule has 27 heavy (non-hydrogen) atoms. The molecule has 1 aromatic rings. The van der Waals surface area contributed by atoms with Crippen molar-refractivity contribution in [3.63, 3.8) is 0 Å². The highest BCUT2D eigenvalue weighted by Crippen LogP contribution is 2.23. The third-order valence-corrected chi connectivity index (χ3v) is 7.06. The van der Waals surface area contributed by atoms with E-state index in [0.29, 0.717) is 26.1 Å². The molecule has 2 heterocycles. The van der Waals surface area contributed by atoms with Gasteiger partial charge in [0.15, 0.2) is 5.96 Å². The lowest BCUT2D eigenvalue weighted by Gasteiger charge is -2.21. The first-order valence-electron chi connectivity index (χ1n) is 9.51. The molecule has 0 bridgehead atoms. The quantitative estimate of drug-likeness (QED) is 0.546. The van der Waals surface area contributed by atoms with Crippen LogP contribution >= 0.6 is 11.6 Å². The van der Waals surface area contributed by atoms with E-state index in [1.807, 2.05) is 25.1 Å². The van der Waals surface area contributed by atoms with Gasteiger partial charge in [-0.3, -0.25) is 4.99 Å². The van der Waals surface area contributed by atoms with E-state index in [1.165, 1.54) is 4.31 Å². The Balaban J connectivity index is 1.53. The van der Waals surface area contributed by atoms with Crippen LogP contribution in [-0.4, -0.2) is 69.7 Å². The summed E-state index contributed by atoms with van der Waals surface area (Å²) in [6, 6.07) is 8.20. The Labute approximate surface area is 166 Å². The Kier molecular flexibility index (Phi) is 6.83. The van der Waals surface area contributed by atoms with Crippen molar-refractivity contribution >= 4 is 33.3 Å². The molecular weight excluding hydrogens is 386 g/mol. The molecule has 0 aliphatic carbocycles. The number of hydrogen-bond donors (Lipinski definition) is 2. The highest BCUT2D eigenvalue weighted by molar-refractivity contribution is 7.89. The number of halogens is 1. The summed E-state index contributed by atoms with van der Waals surface area (Å²) < 4.78 is 25.3. The van der Waals surface area contributed by atoms with E-state index in [4.69, 9.17) is 11.6 Å². The van der Waals surface area contributed by atoms with Gasteiger partial charge in [-0.25, -0.2) is 12.7 Å². The van der Waals surface area contributed by atoms with Crippen LogP contribution in [0.4, 0.5) is 5.69 Å². The average molecular weight is 414 g/mol. The average Bonchev–Trinajstić information content (AvgIpc) is 3.21. The summed E-state index contributed by atoms with van der Waals surface area (Å²) in [5, 5.41) is 7.47. The third kappa shape index (κ3) is 5.49. The number of hydrogen-bond acceptors (Lipinski definition) is 4. The van der Waals surface area contributed by atoms with E-state index < -0.39 is 10.0 Å². The van der Waals surface area contributed by atoms with Crippen LogP contribution in [0.3, 0.4) is 0 Å². The Morgan fingerprint density at radius 2 is 2.22 bits per heavy atom. The minimum atomic E-state index is -3.06. The smallest absolute Gasteiger partial charge is 0.214 e. The van der Waals surface area contributed by atoms with E-state index in [1.54, 1.807) is 0 Å². The molecular formula is C18H28ClN5O2S. The van der Waals surface area contributed by atoms with E-state index in [9.17, 15) is 8.42 Å². The summed E-state index contributed by atoms with van der Waals surface area (Å²) in [5.41, 5.74) is 1.13. The molecule has 3 rings (SSSR count). The van der Waals surface area contributed by atoms with Gasteiger partial charge in [0.2, 0.25) is 10.0 Å². The Morgan fingerprint density at radius 3 is 2.93 bits per heavy atom. The second kappa shape index (κ2) is 9.12. The van der Waals surface area contributed by atoms with E-state index in [-0.39, 0.29) is 11.8 Å². The summed E-state index contributed by atoms with van der Waals surface area (Å²) in [6.07, 6.45) is 1.73. The van der Waals surface area contributed by atoms with Gasteiger partial charge in [0.05, 0.1) is 12.3 Å². The van der Waals surface area contributed by atoms with Gasteiger partial charge in [-0.1, -0.05) is 17.7 Å². The molecule has 2 fully saturated rings. The summed E-state index contributed by atoms with van der Waals surface area (Å²) in [7, 11) is -3.06. The lowest BCUT2D eigenvalue weighted by atomic mass is 10.3. The Bertz CT molecular complexity index is 771. The molecule has 150 valence electrons. The molecule has 0 aromatic heterocycles. The zero-order chi connectivity index (χ0) is 19.3. The van der Waals surface area contributed by atoms with Gasteiger partial charge in [0.1, 0.15) is 0 Å². The zero-order valence-electron chi connectivity index (χ0n) is 15.7. The van der Waals surface area contributed by atoms with Crippen molar-refractivity contribution in [1.82, 2.24) is 14.9 Å². The Morgan fingerprint density at radius 1 is 1.37 bits per heavy atom. The maximum absolute atomic E-state index is 11.9. The first-order chi connectivity index (χ1) is 13.0. The maximum Gasteiger partial charge on any atom is 0.214 e. The molecule has 2 saturated heterocycles. The largest absolute Gasteiger partial charge is 0.369 e. The van der Waals surface area contributed by atoms with Gasteiger partial charge in [-0.2, -0.15) is 0 Å². The first kappa shape index (κ1) is 20.2. The molecule has 7 nitrogen and oxygen atoms in total. The maximum atomic E-state index is 11.9. The van der Waals surface area contributed by atoms with Crippen molar-refractivity contribution in [2.75, 3.05) is 49.9 Å². The number of nitrogens with zero attached hydrogens (tertiary/aromatic N) is 3. The monoisotopic (exact) mass is 413 g/mol. The normalized spacial score (nSPS) is 23.0. The summed E-state index contributed by atoms with van der Waals surface area (Å²) >= 11 is 6.10. The lowest BCUT2D eigenvalue weighted by molar-refractivity contribution is 0.451. The van der Waals surface area contributed by atoms with Crippen molar-refractivity contribution < 1.29 is 8.42 Å². The van der Waals surface area contributed by atoms with Crippen LogP contribution < -0.4 is 15.5 Å². The van der Waals surface area contributed by atoms with Crippen LogP contribution in [0.25, 0.3) is 0 Å². The summed E-state index contributed by atoms with van der Waals surface area (Å²) in [5.74, 6) is 1.00. The number of guanidine groups is 1. The lowest BCUT2D eigenvalue weighted by Crippen LogP contribution is -2.45. The van der Waals surface area contributed by atoms with Crippen LogP contribution in [-0.2, 0) is 10.0 Å². The molecule has 1 atom stereocenters. The predicted molar refractivity (Wildman–Crippen MR) is 111 cm³/mol. The van der Waals surface area contributed by atoms with Crippen molar-refractivity contribution in [3.05, 3.63) is 29.3 Å². The molecule has 2 aliphatic rings. The van der Waals surface area contributed by atoms with Crippen LogP contribution in [0.2, 0.25) is 5.02 Å². The molecule has 1 aromatic carbocycles. The first-order valence-corrected chi connectivity index (χ1v) is 11.5. The van der Waals surface area contributed by atoms with Crippen molar-refractivity contribution in [2.24, 2.45) is 4.99 Å². The van der Waals surface area contributed by atoms with E-state index >= 15 is 0 Å². The Hall–Kier alpha value is -1.51. The third-order valence-electron chi connectivity index (χ3n) is 4.87.